The highest BCUT2D eigenvalue weighted by Gasteiger charge is 2.19. The predicted molar refractivity (Wildman–Crippen MR) is 115 cm³/mol. The molecule has 0 aliphatic rings. The van der Waals surface area contributed by atoms with Gasteiger partial charge in [0.25, 0.3) is 5.22 Å². The summed E-state index contributed by atoms with van der Waals surface area (Å²) in [4.78, 5) is 12.6. The van der Waals surface area contributed by atoms with E-state index in [1.807, 2.05) is 73.7 Å². The number of anilines is 1. The summed E-state index contributed by atoms with van der Waals surface area (Å²) in [5.74, 6) is 0.307. The molecule has 1 aromatic heterocycles. The minimum atomic E-state index is -0.391. The number of amides is 1. The summed E-state index contributed by atoms with van der Waals surface area (Å²) in [7, 11) is 0. The number of hydrogen-bond acceptors (Lipinski definition) is 5. The molecule has 0 fully saturated rings. The van der Waals surface area contributed by atoms with Crippen molar-refractivity contribution in [1.82, 2.24) is 10.2 Å². The van der Waals surface area contributed by atoms with Gasteiger partial charge in [-0.2, -0.15) is 0 Å². The third-order valence-corrected chi connectivity index (χ3v) is 5.65. The zero-order valence-electron chi connectivity index (χ0n) is 14.9. The number of carbonyl (C=O) groups excluding carboxylic acids is 1. The van der Waals surface area contributed by atoms with Crippen molar-refractivity contribution in [3.63, 3.8) is 0 Å². The highest BCUT2D eigenvalue weighted by atomic mass is 79.9. The third-order valence-electron chi connectivity index (χ3n) is 4.19. The third kappa shape index (κ3) is 4.10. The summed E-state index contributed by atoms with van der Waals surface area (Å²) in [5.41, 5.74) is 1.62. The van der Waals surface area contributed by atoms with Gasteiger partial charge >= 0.3 is 0 Å². The molecule has 0 aliphatic heterocycles. The number of halogens is 1. The fraction of sp³-hybridized carbons (Fsp3) is 0.0952. The lowest BCUT2D eigenvalue weighted by Gasteiger charge is -2.12. The van der Waals surface area contributed by atoms with E-state index < -0.39 is 5.25 Å². The van der Waals surface area contributed by atoms with Gasteiger partial charge in [-0.05, 0) is 42.6 Å². The van der Waals surface area contributed by atoms with Crippen LogP contribution in [0.15, 0.2) is 80.8 Å². The van der Waals surface area contributed by atoms with Gasteiger partial charge in [0.2, 0.25) is 11.8 Å². The van der Waals surface area contributed by atoms with Crippen molar-refractivity contribution in [1.29, 1.82) is 0 Å². The van der Waals surface area contributed by atoms with Crippen molar-refractivity contribution in [2.45, 2.75) is 17.4 Å². The van der Waals surface area contributed by atoms with Crippen molar-refractivity contribution in [3.8, 4) is 11.5 Å². The molecule has 1 N–H and O–H groups in total. The maximum absolute atomic E-state index is 12.6. The van der Waals surface area contributed by atoms with E-state index in [4.69, 9.17) is 4.42 Å². The number of hydrogen-bond donors (Lipinski definition) is 1. The molecular weight excluding hydrogens is 438 g/mol. The number of nitrogens with one attached hydrogen (secondary N) is 1. The van der Waals surface area contributed by atoms with Gasteiger partial charge in [-0.15, -0.1) is 10.2 Å². The Kier molecular flexibility index (Phi) is 5.45. The van der Waals surface area contributed by atoms with E-state index in [-0.39, 0.29) is 5.91 Å². The van der Waals surface area contributed by atoms with E-state index in [1.54, 1.807) is 0 Å². The first kappa shape index (κ1) is 18.7. The van der Waals surface area contributed by atoms with E-state index in [2.05, 4.69) is 31.4 Å². The van der Waals surface area contributed by atoms with Crippen molar-refractivity contribution in [2.75, 3.05) is 5.32 Å². The average Bonchev–Trinajstić information content (AvgIpc) is 3.17. The lowest BCUT2D eigenvalue weighted by molar-refractivity contribution is -0.115. The second-order valence-electron chi connectivity index (χ2n) is 6.16. The molecule has 5 nitrogen and oxygen atoms in total. The van der Waals surface area contributed by atoms with Gasteiger partial charge in [-0.1, -0.05) is 64.1 Å². The number of nitrogens with zero attached hydrogens (tertiary/aromatic N) is 2. The molecule has 28 heavy (non-hydrogen) atoms. The molecule has 0 spiro atoms. The van der Waals surface area contributed by atoms with Gasteiger partial charge in [0.05, 0.1) is 5.25 Å². The van der Waals surface area contributed by atoms with Crippen molar-refractivity contribution in [2.24, 2.45) is 0 Å². The maximum atomic E-state index is 12.6. The minimum absolute atomic E-state index is 0.121. The Bertz CT molecular complexity index is 1120. The van der Waals surface area contributed by atoms with Gasteiger partial charge in [0, 0.05) is 21.1 Å². The Morgan fingerprint density at radius 3 is 2.61 bits per heavy atom. The Balaban J connectivity index is 1.45. The quantitative estimate of drug-likeness (QED) is 0.388. The number of thioether (sulfide) groups is 1. The Morgan fingerprint density at radius 2 is 1.79 bits per heavy atom. The van der Waals surface area contributed by atoms with Crippen LogP contribution < -0.4 is 5.32 Å². The van der Waals surface area contributed by atoms with Crippen LogP contribution in [0.25, 0.3) is 22.2 Å². The molecule has 1 heterocycles. The Hall–Kier alpha value is -2.64. The smallest absolute Gasteiger partial charge is 0.277 e. The predicted octanol–water partition coefficient (Wildman–Crippen LogP) is 5.77. The molecule has 0 saturated carbocycles. The summed E-state index contributed by atoms with van der Waals surface area (Å²) in [6.07, 6.45) is 0. The van der Waals surface area contributed by atoms with Gasteiger partial charge in [0.1, 0.15) is 0 Å². The second kappa shape index (κ2) is 8.16. The summed E-state index contributed by atoms with van der Waals surface area (Å²) in [6, 6.07) is 21.4. The molecule has 0 aliphatic carbocycles. The van der Waals surface area contributed by atoms with Gasteiger partial charge < -0.3 is 9.73 Å². The van der Waals surface area contributed by atoms with Crippen LogP contribution in [0.5, 0.6) is 0 Å². The van der Waals surface area contributed by atoms with Crippen molar-refractivity contribution < 1.29 is 9.21 Å². The van der Waals surface area contributed by atoms with E-state index in [1.165, 1.54) is 11.8 Å². The number of carbonyl (C=O) groups is 1. The monoisotopic (exact) mass is 453 g/mol. The fourth-order valence-corrected chi connectivity index (χ4v) is 3.69. The molecule has 4 rings (SSSR count). The Morgan fingerprint density at radius 1 is 1.04 bits per heavy atom. The highest BCUT2D eigenvalue weighted by molar-refractivity contribution is 9.10. The first-order chi connectivity index (χ1) is 13.6. The van der Waals surface area contributed by atoms with Crippen LogP contribution in [-0.4, -0.2) is 21.4 Å². The summed E-state index contributed by atoms with van der Waals surface area (Å²) in [6.45, 7) is 1.81. The van der Waals surface area contributed by atoms with Crippen LogP contribution in [0.1, 0.15) is 6.92 Å². The highest BCUT2D eigenvalue weighted by Crippen LogP contribution is 2.28. The molecule has 1 atom stereocenters. The van der Waals surface area contributed by atoms with Crippen LogP contribution in [0.4, 0.5) is 5.69 Å². The van der Waals surface area contributed by atoms with Gasteiger partial charge in [-0.25, -0.2) is 0 Å². The summed E-state index contributed by atoms with van der Waals surface area (Å²) < 4.78 is 6.67. The lowest BCUT2D eigenvalue weighted by atomic mass is 10.1. The standard InChI is InChI=1S/C21H16BrN3O2S/c1-13(19(26)23-18-8-4-6-14-5-2-3-7-17(14)18)28-21-25-24-20(27-21)15-9-11-16(22)12-10-15/h2-13H,1H3,(H,23,26). The van der Waals surface area contributed by atoms with Crippen LogP contribution in [0, 0.1) is 0 Å². The molecular formula is C21H16BrN3O2S. The first-order valence-corrected chi connectivity index (χ1v) is 10.3. The van der Waals surface area contributed by atoms with Crippen LogP contribution in [0.2, 0.25) is 0 Å². The molecule has 0 bridgehead atoms. The average molecular weight is 454 g/mol. The molecule has 3 aromatic carbocycles. The van der Waals surface area contributed by atoms with E-state index in [0.717, 1.165) is 26.5 Å². The topological polar surface area (TPSA) is 68.0 Å². The number of benzene rings is 3. The van der Waals surface area contributed by atoms with Gasteiger partial charge in [-0.3, -0.25) is 4.79 Å². The van der Waals surface area contributed by atoms with E-state index in [9.17, 15) is 4.79 Å². The van der Waals surface area contributed by atoms with Crippen molar-refractivity contribution in [3.05, 3.63) is 71.2 Å². The molecule has 1 amide bonds. The Labute approximate surface area is 174 Å². The summed E-state index contributed by atoms with van der Waals surface area (Å²) >= 11 is 4.63. The zero-order valence-corrected chi connectivity index (χ0v) is 17.3. The van der Waals surface area contributed by atoms with E-state index >= 15 is 0 Å². The SMILES string of the molecule is CC(Sc1nnc(-c2ccc(Br)cc2)o1)C(=O)Nc1cccc2ccccc12. The largest absolute Gasteiger partial charge is 0.411 e. The first-order valence-electron chi connectivity index (χ1n) is 8.65. The molecule has 4 aromatic rings. The molecule has 0 saturated heterocycles. The second-order valence-corrected chi connectivity index (χ2v) is 8.36. The van der Waals surface area contributed by atoms with Crippen molar-refractivity contribution >= 4 is 50.1 Å². The molecule has 7 heteroatoms. The van der Waals surface area contributed by atoms with Crippen LogP contribution >= 0.6 is 27.7 Å². The van der Waals surface area contributed by atoms with Crippen LogP contribution in [-0.2, 0) is 4.79 Å². The normalized spacial score (nSPS) is 12.1. The molecule has 1 unspecified atom stereocenters. The van der Waals surface area contributed by atoms with E-state index in [0.29, 0.717) is 11.1 Å². The summed E-state index contributed by atoms with van der Waals surface area (Å²) in [5, 5.41) is 13.2. The zero-order chi connectivity index (χ0) is 19.5. The lowest BCUT2D eigenvalue weighted by Crippen LogP contribution is -2.22. The maximum Gasteiger partial charge on any atom is 0.277 e. The minimum Gasteiger partial charge on any atom is -0.411 e. The molecule has 140 valence electrons. The van der Waals surface area contributed by atoms with Gasteiger partial charge in [0.15, 0.2) is 0 Å². The number of rotatable bonds is 5. The number of fused-ring (bicyclic) bond motifs is 1. The molecule has 0 radical (unpaired) electrons. The van der Waals surface area contributed by atoms with Crippen LogP contribution in [0.3, 0.4) is 0 Å². The fourth-order valence-electron chi connectivity index (χ4n) is 2.74. The number of aromatic nitrogens is 2.